The van der Waals surface area contributed by atoms with Gasteiger partial charge in [0.2, 0.25) is 11.9 Å². The van der Waals surface area contributed by atoms with E-state index in [1.807, 2.05) is 24.3 Å². The van der Waals surface area contributed by atoms with Crippen LogP contribution in [0.15, 0.2) is 42.7 Å². The number of aromatic nitrogens is 2. The van der Waals surface area contributed by atoms with E-state index in [0.717, 1.165) is 30.8 Å². The highest BCUT2D eigenvalue weighted by atomic mass is 16.2. The Kier molecular flexibility index (Phi) is 4.86. The Morgan fingerprint density at radius 3 is 2.63 bits per heavy atom. The number of carbonyl (C=O) groups excluding carboxylic acids is 2. The molecule has 1 unspecified atom stereocenters. The SMILES string of the molecule is O=C(Nc1ccc(N2CCNC2=O)cc1)C1CCCN(c2ncccn2)C1. The van der Waals surface area contributed by atoms with Crippen LogP contribution in [0.5, 0.6) is 0 Å². The number of nitrogens with zero attached hydrogens (tertiary/aromatic N) is 4. The lowest BCUT2D eigenvalue weighted by molar-refractivity contribution is -0.120. The first-order chi connectivity index (χ1) is 13.2. The summed E-state index contributed by atoms with van der Waals surface area (Å²) in [6, 6.07) is 9.07. The number of benzene rings is 1. The molecule has 2 fully saturated rings. The molecule has 0 bridgehead atoms. The number of urea groups is 1. The van der Waals surface area contributed by atoms with Crippen LogP contribution in [0.4, 0.5) is 22.1 Å². The molecule has 0 aliphatic carbocycles. The van der Waals surface area contributed by atoms with Gasteiger partial charge in [-0.05, 0) is 43.2 Å². The lowest BCUT2D eigenvalue weighted by Crippen LogP contribution is -2.41. The van der Waals surface area contributed by atoms with E-state index in [9.17, 15) is 9.59 Å². The Morgan fingerprint density at radius 1 is 1.15 bits per heavy atom. The maximum absolute atomic E-state index is 12.7. The molecule has 8 heteroatoms. The van der Waals surface area contributed by atoms with Crippen molar-refractivity contribution in [1.29, 1.82) is 0 Å². The van der Waals surface area contributed by atoms with Gasteiger partial charge in [-0.15, -0.1) is 0 Å². The molecule has 4 rings (SSSR count). The van der Waals surface area contributed by atoms with E-state index < -0.39 is 0 Å². The first-order valence-corrected chi connectivity index (χ1v) is 9.19. The van der Waals surface area contributed by atoms with Crippen LogP contribution in [0, 0.1) is 5.92 Å². The molecular formula is C19H22N6O2. The van der Waals surface area contributed by atoms with Gasteiger partial charge in [0, 0.05) is 49.9 Å². The van der Waals surface area contributed by atoms with Gasteiger partial charge in [0.25, 0.3) is 0 Å². The smallest absolute Gasteiger partial charge is 0.321 e. The third-order valence-electron chi connectivity index (χ3n) is 4.93. The van der Waals surface area contributed by atoms with Crippen LogP contribution < -0.4 is 20.4 Å². The maximum atomic E-state index is 12.7. The molecular weight excluding hydrogens is 344 g/mol. The van der Waals surface area contributed by atoms with Crippen molar-refractivity contribution >= 4 is 29.3 Å². The van der Waals surface area contributed by atoms with Crippen LogP contribution >= 0.6 is 0 Å². The molecule has 3 amide bonds. The number of carbonyl (C=O) groups is 2. The molecule has 2 saturated heterocycles. The summed E-state index contributed by atoms with van der Waals surface area (Å²) in [6.45, 7) is 2.78. The highest BCUT2D eigenvalue weighted by Gasteiger charge is 2.27. The third-order valence-corrected chi connectivity index (χ3v) is 4.93. The molecule has 2 aliphatic rings. The molecule has 1 atom stereocenters. The average Bonchev–Trinajstić information content (AvgIpc) is 3.15. The van der Waals surface area contributed by atoms with Crippen molar-refractivity contribution < 1.29 is 9.59 Å². The molecule has 140 valence electrons. The minimum Gasteiger partial charge on any atom is -0.340 e. The molecule has 3 heterocycles. The van der Waals surface area contributed by atoms with Gasteiger partial charge < -0.3 is 15.5 Å². The van der Waals surface area contributed by atoms with Crippen molar-refractivity contribution in [1.82, 2.24) is 15.3 Å². The van der Waals surface area contributed by atoms with E-state index in [1.54, 1.807) is 23.4 Å². The summed E-state index contributed by atoms with van der Waals surface area (Å²) >= 11 is 0. The quantitative estimate of drug-likeness (QED) is 0.862. The largest absolute Gasteiger partial charge is 0.340 e. The molecule has 2 aromatic rings. The molecule has 1 aromatic heterocycles. The molecule has 0 radical (unpaired) electrons. The standard InChI is InChI=1S/C19H22N6O2/c26-17(14-3-1-11-24(13-14)18-20-8-2-9-21-18)23-15-4-6-16(7-5-15)25-12-10-22-19(25)27/h2,4-9,14H,1,3,10-13H2,(H,22,27)(H,23,26). The fourth-order valence-corrected chi connectivity index (χ4v) is 3.51. The Labute approximate surface area is 157 Å². The molecule has 0 saturated carbocycles. The molecule has 8 nitrogen and oxygen atoms in total. The summed E-state index contributed by atoms with van der Waals surface area (Å²) in [5.41, 5.74) is 1.56. The fraction of sp³-hybridized carbons (Fsp3) is 0.368. The van der Waals surface area contributed by atoms with Gasteiger partial charge in [0.05, 0.1) is 5.92 Å². The molecule has 27 heavy (non-hydrogen) atoms. The fourth-order valence-electron chi connectivity index (χ4n) is 3.51. The monoisotopic (exact) mass is 366 g/mol. The molecule has 2 N–H and O–H groups in total. The van der Waals surface area contributed by atoms with E-state index in [-0.39, 0.29) is 17.9 Å². The summed E-state index contributed by atoms with van der Waals surface area (Å²) < 4.78 is 0. The number of rotatable bonds is 4. The lowest BCUT2D eigenvalue weighted by Gasteiger charge is -2.31. The van der Waals surface area contributed by atoms with Crippen molar-refractivity contribution in [3.63, 3.8) is 0 Å². The highest BCUT2D eigenvalue weighted by Crippen LogP contribution is 2.23. The topological polar surface area (TPSA) is 90.5 Å². The summed E-state index contributed by atoms with van der Waals surface area (Å²) in [4.78, 5) is 36.7. The summed E-state index contributed by atoms with van der Waals surface area (Å²) in [6.07, 6.45) is 5.21. The predicted octanol–water partition coefficient (Wildman–Crippen LogP) is 1.86. The zero-order chi connectivity index (χ0) is 18.6. The van der Waals surface area contributed by atoms with Gasteiger partial charge in [-0.25, -0.2) is 14.8 Å². The molecule has 2 aliphatic heterocycles. The normalized spacial score (nSPS) is 19.7. The number of anilines is 3. The highest BCUT2D eigenvalue weighted by molar-refractivity contribution is 5.95. The van der Waals surface area contributed by atoms with Gasteiger partial charge in [0.1, 0.15) is 0 Å². The summed E-state index contributed by atoms with van der Waals surface area (Å²) in [5.74, 6) is 0.567. The minimum absolute atomic E-state index is 0.00213. The maximum Gasteiger partial charge on any atom is 0.321 e. The average molecular weight is 366 g/mol. The van der Waals surface area contributed by atoms with Crippen LogP contribution in [-0.2, 0) is 4.79 Å². The van der Waals surface area contributed by atoms with Crippen molar-refractivity contribution in [3.8, 4) is 0 Å². The molecule has 0 spiro atoms. The number of hydrogen-bond acceptors (Lipinski definition) is 5. The second kappa shape index (κ2) is 7.61. The van der Waals surface area contributed by atoms with E-state index in [1.165, 1.54) is 0 Å². The first kappa shape index (κ1) is 17.3. The Bertz CT molecular complexity index is 811. The van der Waals surface area contributed by atoms with Crippen molar-refractivity contribution in [2.24, 2.45) is 5.92 Å². The lowest BCUT2D eigenvalue weighted by atomic mass is 9.97. The second-order valence-electron chi connectivity index (χ2n) is 6.75. The van der Waals surface area contributed by atoms with Gasteiger partial charge in [-0.3, -0.25) is 9.69 Å². The van der Waals surface area contributed by atoms with Gasteiger partial charge in [-0.1, -0.05) is 0 Å². The Balaban J connectivity index is 1.37. The van der Waals surface area contributed by atoms with Crippen molar-refractivity contribution in [2.75, 3.05) is 41.3 Å². The predicted molar refractivity (Wildman–Crippen MR) is 103 cm³/mol. The van der Waals surface area contributed by atoms with Gasteiger partial charge in [0.15, 0.2) is 0 Å². The van der Waals surface area contributed by atoms with E-state index in [2.05, 4.69) is 25.5 Å². The van der Waals surface area contributed by atoms with Crippen molar-refractivity contribution in [2.45, 2.75) is 12.8 Å². The second-order valence-corrected chi connectivity index (χ2v) is 6.75. The Morgan fingerprint density at radius 2 is 1.93 bits per heavy atom. The van der Waals surface area contributed by atoms with E-state index in [4.69, 9.17) is 0 Å². The van der Waals surface area contributed by atoms with Gasteiger partial charge >= 0.3 is 6.03 Å². The summed E-state index contributed by atoms with van der Waals surface area (Å²) in [7, 11) is 0. The number of piperidine rings is 1. The third kappa shape index (κ3) is 3.84. The van der Waals surface area contributed by atoms with E-state index >= 15 is 0 Å². The summed E-state index contributed by atoms with van der Waals surface area (Å²) in [5, 5.41) is 5.77. The van der Waals surface area contributed by atoms with Crippen LogP contribution in [0.25, 0.3) is 0 Å². The van der Waals surface area contributed by atoms with Crippen molar-refractivity contribution in [3.05, 3.63) is 42.7 Å². The van der Waals surface area contributed by atoms with Crippen LogP contribution in [0.1, 0.15) is 12.8 Å². The number of nitrogens with one attached hydrogen (secondary N) is 2. The number of hydrogen-bond donors (Lipinski definition) is 2. The molecule has 1 aromatic carbocycles. The van der Waals surface area contributed by atoms with Crippen LogP contribution in [-0.4, -0.2) is 48.1 Å². The van der Waals surface area contributed by atoms with Crippen LogP contribution in [0.3, 0.4) is 0 Å². The van der Waals surface area contributed by atoms with E-state index in [0.29, 0.717) is 25.6 Å². The van der Waals surface area contributed by atoms with Gasteiger partial charge in [-0.2, -0.15) is 0 Å². The minimum atomic E-state index is -0.105. The first-order valence-electron chi connectivity index (χ1n) is 9.19. The van der Waals surface area contributed by atoms with Crippen LogP contribution in [0.2, 0.25) is 0 Å². The Hall–Kier alpha value is -3.16. The number of amides is 3. The zero-order valence-corrected chi connectivity index (χ0v) is 15.0. The zero-order valence-electron chi connectivity index (χ0n) is 15.0.